The molecular formula is C26H24Cl2F3N3O5S. The van der Waals surface area contributed by atoms with Gasteiger partial charge in [0, 0.05) is 5.02 Å². The van der Waals surface area contributed by atoms with Gasteiger partial charge in [0.15, 0.2) is 11.5 Å². The number of hydrogen-bond donors (Lipinski definition) is 1. The molecule has 0 saturated carbocycles. The van der Waals surface area contributed by atoms with E-state index in [9.17, 15) is 26.4 Å². The largest absolute Gasteiger partial charge is 0.490 e. The molecule has 1 N–H and O–H groups in total. The Hall–Kier alpha value is -3.48. The van der Waals surface area contributed by atoms with Crippen LogP contribution in [0.4, 0.5) is 18.9 Å². The molecule has 0 spiro atoms. The van der Waals surface area contributed by atoms with Crippen LogP contribution in [-0.4, -0.2) is 39.9 Å². The molecule has 0 radical (unpaired) electrons. The summed E-state index contributed by atoms with van der Waals surface area (Å²) in [5.74, 6) is -0.0336. The summed E-state index contributed by atoms with van der Waals surface area (Å²) in [6.07, 6.45) is -2.72. The Morgan fingerprint density at radius 2 is 1.80 bits per heavy atom. The molecule has 0 aliphatic carbocycles. The van der Waals surface area contributed by atoms with Gasteiger partial charge in [0.25, 0.3) is 5.91 Å². The van der Waals surface area contributed by atoms with Crippen LogP contribution in [0.5, 0.6) is 11.5 Å². The Labute approximate surface area is 239 Å². The molecule has 0 saturated heterocycles. The molecule has 3 rings (SSSR count). The zero-order chi connectivity index (χ0) is 29.5. The minimum absolute atomic E-state index is 0.247. The Bertz CT molecular complexity index is 1500. The number of carbonyl (C=O) groups is 1. The minimum Gasteiger partial charge on any atom is -0.490 e. The van der Waals surface area contributed by atoms with Gasteiger partial charge in [-0.25, -0.2) is 13.8 Å². The summed E-state index contributed by atoms with van der Waals surface area (Å²) in [7, 11) is -4.19. The predicted octanol–water partition coefficient (Wildman–Crippen LogP) is 5.91. The monoisotopic (exact) mass is 617 g/mol. The predicted molar refractivity (Wildman–Crippen MR) is 148 cm³/mol. The average Bonchev–Trinajstić information content (AvgIpc) is 2.86. The fourth-order valence-electron chi connectivity index (χ4n) is 3.39. The van der Waals surface area contributed by atoms with Crippen molar-refractivity contribution in [3.63, 3.8) is 0 Å². The average molecular weight is 618 g/mol. The zero-order valence-electron chi connectivity index (χ0n) is 21.2. The molecule has 0 bridgehead atoms. The van der Waals surface area contributed by atoms with Gasteiger partial charge >= 0.3 is 6.18 Å². The fourth-order valence-corrected chi connectivity index (χ4v) is 4.73. The molecule has 0 heterocycles. The number of benzene rings is 3. The summed E-state index contributed by atoms with van der Waals surface area (Å²) in [6.45, 7) is 1.53. The van der Waals surface area contributed by atoms with Crippen LogP contribution < -0.4 is 19.2 Å². The molecule has 3 aromatic carbocycles. The lowest BCUT2D eigenvalue weighted by molar-refractivity contribution is -0.137. The van der Waals surface area contributed by atoms with E-state index in [0.717, 1.165) is 17.9 Å². The van der Waals surface area contributed by atoms with Gasteiger partial charge in [-0.1, -0.05) is 35.3 Å². The number of hydrazone groups is 1. The Morgan fingerprint density at radius 3 is 2.45 bits per heavy atom. The smallest absolute Gasteiger partial charge is 0.416 e. The topological polar surface area (TPSA) is 97.3 Å². The van der Waals surface area contributed by atoms with Crippen molar-refractivity contribution in [1.29, 1.82) is 0 Å². The first kappa shape index (κ1) is 31.1. The highest BCUT2D eigenvalue weighted by molar-refractivity contribution is 7.92. The second kappa shape index (κ2) is 13.2. The number of amides is 1. The summed E-state index contributed by atoms with van der Waals surface area (Å²) < 4.78 is 76.0. The van der Waals surface area contributed by atoms with Gasteiger partial charge in [-0.05, 0) is 66.6 Å². The van der Waals surface area contributed by atoms with E-state index >= 15 is 0 Å². The Balaban J connectivity index is 1.71. The van der Waals surface area contributed by atoms with Crippen molar-refractivity contribution < 1.29 is 35.9 Å². The molecule has 3 aromatic rings. The van der Waals surface area contributed by atoms with E-state index in [4.69, 9.17) is 32.7 Å². The third kappa shape index (κ3) is 8.77. The third-order valence-electron chi connectivity index (χ3n) is 5.18. The van der Waals surface area contributed by atoms with Gasteiger partial charge in [0.05, 0.1) is 35.4 Å². The van der Waals surface area contributed by atoms with E-state index < -0.39 is 39.9 Å². The first-order valence-electron chi connectivity index (χ1n) is 11.6. The van der Waals surface area contributed by atoms with Crippen LogP contribution in [0.2, 0.25) is 10.0 Å². The highest BCUT2D eigenvalue weighted by atomic mass is 35.5. The van der Waals surface area contributed by atoms with Crippen LogP contribution in [0.25, 0.3) is 0 Å². The number of halogens is 5. The maximum atomic E-state index is 13.2. The molecule has 0 aliphatic rings. The second-order valence-corrected chi connectivity index (χ2v) is 11.0. The van der Waals surface area contributed by atoms with Crippen LogP contribution >= 0.6 is 23.2 Å². The van der Waals surface area contributed by atoms with Crippen LogP contribution in [-0.2, 0) is 27.6 Å². The van der Waals surface area contributed by atoms with Gasteiger partial charge in [0.2, 0.25) is 10.0 Å². The van der Waals surface area contributed by atoms with Gasteiger partial charge in [-0.2, -0.15) is 18.3 Å². The molecule has 0 fully saturated rings. The Kier molecular flexibility index (Phi) is 10.3. The summed E-state index contributed by atoms with van der Waals surface area (Å²) in [6, 6.07) is 14.3. The molecule has 40 heavy (non-hydrogen) atoms. The van der Waals surface area contributed by atoms with Gasteiger partial charge in [-0.15, -0.1) is 0 Å². The number of anilines is 1. The maximum Gasteiger partial charge on any atom is 0.416 e. The van der Waals surface area contributed by atoms with Gasteiger partial charge in [0.1, 0.15) is 13.2 Å². The molecule has 0 aliphatic heterocycles. The van der Waals surface area contributed by atoms with E-state index in [1.54, 1.807) is 37.3 Å². The van der Waals surface area contributed by atoms with Crippen molar-refractivity contribution in [2.45, 2.75) is 19.7 Å². The standard InChI is InChI=1S/C26H24Cl2F3N3O5S/c1-3-38-24-12-17(7-10-23(24)39-16-18-5-4-6-20(27)11-18)14-32-33-25(35)15-34(40(2,36)37)22-13-19(26(29,30)31)8-9-21(22)28/h4-14H,3,15-16H2,1-2H3,(H,33,35)/b32-14+. The van der Waals surface area contributed by atoms with Crippen molar-refractivity contribution in [2.75, 3.05) is 23.7 Å². The quantitative estimate of drug-likeness (QED) is 0.213. The van der Waals surface area contributed by atoms with Crippen LogP contribution in [0, 0.1) is 0 Å². The lowest BCUT2D eigenvalue weighted by atomic mass is 10.2. The number of rotatable bonds is 11. The summed E-state index contributed by atoms with van der Waals surface area (Å²) in [5.41, 5.74) is 1.92. The van der Waals surface area contributed by atoms with E-state index in [1.165, 1.54) is 6.21 Å². The molecular weight excluding hydrogens is 594 g/mol. The van der Waals surface area contributed by atoms with Gasteiger partial charge in [-0.3, -0.25) is 9.10 Å². The van der Waals surface area contributed by atoms with Crippen LogP contribution in [0.15, 0.2) is 65.8 Å². The second-order valence-electron chi connectivity index (χ2n) is 8.28. The van der Waals surface area contributed by atoms with E-state index in [2.05, 4.69) is 10.5 Å². The molecule has 0 unspecified atom stereocenters. The maximum absolute atomic E-state index is 13.2. The summed E-state index contributed by atoms with van der Waals surface area (Å²) in [4.78, 5) is 12.5. The molecule has 8 nitrogen and oxygen atoms in total. The van der Waals surface area contributed by atoms with Crippen LogP contribution in [0.3, 0.4) is 0 Å². The number of ether oxygens (including phenoxy) is 2. The summed E-state index contributed by atoms with van der Waals surface area (Å²) >= 11 is 12.0. The van der Waals surface area contributed by atoms with Crippen molar-refractivity contribution in [1.82, 2.24) is 5.43 Å². The number of hydrogen-bond acceptors (Lipinski definition) is 6. The summed E-state index contributed by atoms with van der Waals surface area (Å²) in [5, 5.41) is 4.11. The van der Waals surface area contributed by atoms with Crippen molar-refractivity contribution in [2.24, 2.45) is 5.10 Å². The first-order chi connectivity index (χ1) is 18.8. The lowest BCUT2D eigenvalue weighted by Gasteiger charge is -2.23. The normalized spacial score (nSPS) is 11.9. The zero-order valence-corrected chi connectivity index (χ0v) is 23.5. The third-order valence-corrected chi connectivity index (χ3v) is 6.86. The number of alkyl halides is 3. The van der Waals surface area contributed by atoms with E-state index in [-0.39, 0.29) is 11.6 Å². The highest BCUT2D eigenvalue weighted by Gasteiger charge is 2.33. The number of carbonyl (C=O) groups excluding carboxylic acids is 1. The molecule has 0 atom stereocenters. The SMILES string of the molecule is CCOc1cc(/C=N/NC(=O)CN(c2cc(C(F)(F)F)ccc2Cl)S(C)(=O)=O)ccc1OCc1cccc(Cl)c1. The Morgan fingerprint density at radius 1 is 1.05 bits per heavy atom. The van der Waals surface area contributed by atoms with E-state index in [0.29, 0.717) is 45.1 Å². The molecule has 214 valence electrons. The fraction of sp³-hybridized carbons (Fsp3) is 0.231. The number of nitrogens with zero attached hydrogens (tertiary/aromatic N) is 2. The van der Waals surface area contributed by atoms with Crippen molar-refractivity contribution >= 4 is 51.0 Å². The first-order valence-corrected chi connectivity index (χ1v) is 14.2. The number of sulfonamides is 1. The lowest BCUT2D eigenvalue weighted by Crippen LogP contribution is -2.39. The van der Waals surface area contributed by atoms with Crippen LogP contribution in [0.1, 0.15) is 23.6 Å². The van der Waals surface area contributed by atoms with Crippen molar-refractivity contribution in [3.8, 4) is 11.5 Å². The van der Waals surface area contributed by atoms with E-state index in [1.807, 2.05) is 12.1 Å². The molecule has 1 amide bonds. The number of nitrogens with one attached hydrogen (secondary N) is 1. The molecule has 0 aromatic heterocycles. The van der Waals surface area contributed by atoms with Gasteiger partial charge < -0.3 is 9.47 Å². The highest BCUT2D eigenvalue weighted by Crippen LogP contribution is 2.36. The molecule has 14 heteroatoms. The minimum atomic E-state index is -4.74. The van der Waals surface area contributed by atoms with Crippen molar-refractivity contribution in [3.05, 3.63) is 87.4 Å².